The molecule has 1 heterocycles. The Hall–Kier alpha value is -2.08. The molecule has 6 heteroatoms. The maximum absolute atomic E-state index is 12.7. The Labute approximate surface area is 173 Å². The summed E-state index contributed by atoms with van der Waals surface area (Å²) >= 11 is 0. The van der Waals surface area contributed by atoms with E-state index in [1.54, 1.807) is 25.3 Å². The minimum absolute atomic E-state index is 0.0214. The number of methoxy groups -OCH3 is 2. The van der Waals surface area contributed by atoms with Crippen LogP contribution in [-0.2, 0) is 4.79 Å². The first-order valence-corrected chi connectivity index (χ1v) is 10.8. The summed E-state index contributed by atoms with van der Waals surface area (Å²) in [5.74, 6) is 1.01. The molecule has 0 bridgehead atoms. The number of carbonyl (C=O) groups is 2. The maximum atomic E-state index is 12.7. The molecule has 1 aliphatic carbocycles. The number of ketones is 1. The summed E-state index contributed by atoms with van der Waals surface area (Å²) in [6.07, 6.45) is 8.53. The summed E-state index contributed by atoms with van der Waals surface area (Å²) in [6, 6.07) is 5.14. The number of benzene rings is 1. The van der Waals surface area contributed by atoms with E-state index in [1.165, 1.54) is 26.4 Å². The van der Waals surface area contributed by atoms with Gasteiger partial charge < -0.3 is 19.7 Å². The smallest absolute Gasteiger partial charge is 0.220 e. The number of nitrogens with one attached hydrogen (secondary N) is 1. The van der Waals surface area contributed by atoms with Gasteiger partial charge >= 0.3 is 0 Å². The van der Waals surface area contributed by atoms with Gasteiger partial charge in [-0.15, -0.1) is 0 Å². The maximum Gasteiger partial charge on any atom is 0.220 e. The number of rotatable bonds is 9. The van der Waals surface area contributed by atoms with Crippen LogP contribution in [0.1, 0.15) is 68.1 Å². The van der Waals surface area contributed by atoms with E-state index in [4.69, 9.17) is 9.47 Å². The SMILES string of the molecule is COc1ccc(C(=O)CCC(=O)NC2(CN3CCCC3)CCCCC2)c(OC)c1. The Kier molecular flexibility index (Phi) is 7.53. The molecule has 2 fully saturated rings. The van der Waals surface area contributed by atoms with Gasteiger partial charge in [-0.25, -0.2) is 0 Å². The number of ether oxygens (including phenoxy) is 2. The number of likely N-dealkylation sites (tertiary alicyclic amines) is 1. The highest BCUT2D eigenvalue weighted by atomic mass is 16.5. The zero-order valence-electron chi connectivity index (χ0n) is 17.8. The van der Waals surface area contributed by atoms with Crippen LogP contribution in [0.3, 0.4) is 0 Å². The first kappa shape index (κ1) is 21.6. The molecule has 160 valence electrons. The van der Waals surface area contributed by atoms with E-state index in [2.05, 4.69) is 10.2 Å². The second-order valence-electron chi connectivity index (χ2n) is 8.36. The fourth-order valence-electron chi connectivity index (χ4n) is 4.67. The molecule has 6 nitrogen and oxygen atoms in total. The van der Waals surface area contributed by atoms with Crippen molar-refractivity contribution in [2.45, 2.75) is 63.3 Å². The summed E-state index contributed by atoms with van der Waals surface area (Å²) in [7, 11) is 3.10. The Bertz CT molecular complexity index is 707. The summed E-state index contributed by atoms with van der Waals surface area (Å²) < 4.78 is 10.5. The minimum atomic E-state index is -0.124. The lowest BCUT2D eigenvalue weighted by Crippen LogP contribution is -2.56. The Morgan fingerprint density at radius 1 is 1.00 bits per heavy atom. The molecule has 3 rings (SSSR count). The fraction of sp³-hybridized carbons (Fsp3) is 0.652. The van der Waals surface area contributed by atoms with Crippen LogP contribution in [0.5, 0.6) is 11.5 Å². The van der Waals surface area contributed by atoms with Crippen LogP contribution in [0.25, 0.3) is 0 Å². The predicted octanol–water partition coefficient (Wildman–Crippen LogP) is 3.58. The first-order valence-electron chi connectivity index (χ1n) is 10.8. The van der Waals surface area contributed by atoms with E-state index in [9.17, 15) is 9.59 Å². The van der Waals surface area contributed by atoms with Crippen LogP contribution in [0.2, 0.25) is 0 Å². The third kappa shape index (κ3) is 5.72. The third-order valence-corrected chi connectivity index (χ3v) is 6.23. The van der Waals surface area contributed by atoms with Gasteiger partial charge in [0.05, 0.1) is 25.3 Å². The number of amides is 1. The Morgan fingerprint density at radius 2 is 1.72 bits per heavy atom. The van der Waals surface area contributed by atoms with Crippen molar-refractivity contribution in [3.63, 3.8) is 0 Å². The van der Waals surface area contributed by atoms with Gasteiger partial charge in [0.15, 0.2) is 5.78 Å². The topological polar surface area (TPSA) is 67.9 Å². The summed E-state index contributed by atoms with van der Waals surface area (Å²) in [6.45, 7) is 3.21. The van der Waals surface area contributed by atoms with Gasteiger partial charge in [0.2, 0.25) is 5.91 Å². The van der Waals surface area contributed by atoms with Gasteiger partial charge in [-0.2, -0.15) is 0 Å². The van der Waals surface area contributed by atoms with Crippen molar-refractivity contribution in [2.24, 2.45) is 0 Å². The van der Waals surface area contributed by atoms with Gasteiger partial charge in [-0.1, -0.05) is 19.3 Å². The van der Waals surface area contributed by atoms with Crippen LogP contribution >= 0.6 is 0 Å². The normalized spacial score (nSPS) is 19.0. The molecule has 0 radical (unpaired) electrons. The molecule has 0 spiro atoms. The van der Waals surface area contributed by atoms with E-state index in [0.717, 1.165) is 45.3 Å². The molecule has 0 unspecified atom stereocenters. The second kappa shape index (κ2) is 10.1. The van der Waals surface area contributed by atoms with Crippen LogP contribution in [-0.4, -0.2) is 56.0 Å². The molecule has 0 atom stereocenters. The number of hydrogen-bond acceptors (Lipinski definition) is 5. The summed E-state index contributed by atoms with van der Waals surface area (Å²) in [5, 5.41) is 3.33. The highest BCUT2D eigenvalue weighted by Crippen LogP contribution is 2.31. The van der Waals surface area contributed by atoms with Crippen molar-refractivity contribution in [1.29, 1.82) is 0 Å². The first-order chi connectivity index (χ1) is 14.0. The van der Waals surface area contributed by atoms with Crippen LogP contribution < -0.4 is 14.8 Å². The lowest BCUT2D eigenvalue weighted by molar-refractivity contribution is -0.123. The van der Waals surface area contributed by atoms with Crippen molar-refractivity contribution in [2.75, 3.05) is 33.9 Å². The Balaban J connectivity index is 1.58. The number of hydrogen-bond donors (Lipinski definition) is 1. The molecule has 1 aromatic carbocycles. The van der Waals surface area contributed by atoms with Crippen molar-refractivity contribution in [3.8, 4) is 11.5 Å². The lowest BCUT2D eigenvalue weighted by atomic mass is 9.81. The van der Waals surface area contributed by atoms with Gasteiger partial charge in [-0.05, 0) is 50.9 Å². The Morgan fingerprint density at radius 3 is 2.38 bits per heavy atom. The molecule has 0 aromatic heterocycles. The molecule has 1 N–H and O–H groups in total. The lowest BCUT2D eigenvalue weighted by Gasteiger charge is -2.41. The van der Waals surface area contributed by atoms with E-state index in [1.807, 2.05) is 0 Å². The molecular weight excluding hydrogens is 368 g/mol. The number of nitrogens with zero attached hydrogens (tertiary/aromatic N) is 1. The van der Waals surface area contributed by atoms with Crippen molar-refractivity contribution >= 4 is 11.7 Å². The molecule has 1 saturated heterocycles. The monoisotopic (exact) mass is 402 g/mol. The van der Waals surface area contributed by atoms with E-state index >= 15 is 0 Å². The number of Topliss-reactive ketones (excluding diaryl/α,β-unsaturated/α-hetero) is 1. The molecule has 29 heavy (non-hydrogen) atoms. The van der Waals surface area contributed by atoms with Crippen molar-refractivity contribution in [1.82, 2.24) is 10.2 Å². The van der Waals surface area contributed by atoms with Gasteiger partial charge in [-0.3, -0.25) is 9.59 Å². The van der Waals surface area contributed by atoms with Gasteiger partial charge in [0.25, 0.3) is 0 Å². The standard InChI is InChI=1S/C23H34N2O4/c1-28-18-8-9-19(21(16-18)29-2)20(26)10-11-22(27)24-23(12-4-3-5-13-23)17-25-14-6-7-15-25/h8-9,16H,3-7,10-15,17H2,1-2H3,(H,24,27). The van der Waals surface area contributed by atoms with Gasteiger partial charge in [0, 0.05) is 25.5 Å². The third-order valence-electron chi connectivity index (χ3n) is 6.23. The van der Waals surface area contributed by atoms with E-state index in [0.29, 0.717) is 17.1 Å². The minimum Gasteiger partial charge on any atom is -0.497 e. The van der Waals surface area contributed by atoms with E-state index < -0.39 is 0 Å². The quantitative estimate of drug-likeness (QED) is 0.640. The largest absolute Gasteiger partial charge is 0.497 e. The zero-order valence-corrected chi connectivity index (χ0v) is 17.8. The van der Waals surface area contributed by atoms with Crippen LogP contribution in [0, 0.1) is 0 Å². The molecule has 2 aliphatic rings. The summed E-state index contributed by atoms with van der Waals surface area (Å²) in [4.78, 5) is 27.9. The highest BCUT2D eigenvalue weighted by molar-refractivity contribution is 6.00. The number of carbonyl (C=O) groups excluding carboxylic acids is 2. The van der Waals surface area contributed by atoms with Crippen LogP contribution in [0.15, 0.2) is 18.2 Å². The molecule has 1 saturated carbocycles. The van der Waals surface area contributed by atoms with Crippen LogP contribution in [0.4, 0.5) is 0 Å². The van der Waals surface area contributed by atoms with Gasteiger partial charge in [0.1, 0.15) is 11.5 Å². The predicted molar refractivity (Wildman–Crippen MR) is 113 cm³/mol. The molecule has 1 aliphatic heterocycles. The van der Waals surface area contributed by atoms with E-state index in [-0.39, 0.29) is 30.1 Å². The zero-order chi connectivity index (χ0) is 20.7. The highest BCUT2D eigenvalue weighted by Gasteiger charge is 2.35. The van der Waals surface area contributed by atoms with Crippen molar-refractivity contribution in [3.05, 3.63) is 23.8 Å². The summed E-state index contributed by atoms with van der Waals surface area (Å²) in [5.41, 5.74) is 0.367. The molecule has 1 amide bonds. The average Bonchev–Trinajstić information content (AvgIpc) is 3.24. The average molecular weight is 403 g/mol. The molecular formula is C23H34N2O4. The van der Waals surface area contributed by atoms with Crippen molar-refractivity contribution < 1.29 is 19.1 Å². The fourth-order valence-corrected chi connectivity index (χ4v) is 4.67. The molecule has 1 aromatic rings. The second-order valence-corrected chi connectivity index (χ2v) is 8.36.